The Kier molecular flexibility index (Phi) is 6.68. The molecular formula is C14H23FN2S. The van der Waals surface area contributed by atoms with E-state index in [-0.39, 0.29) is 12.4 Å². The minimum atomic E-state index is -0.209. The van der Waals surface area contributed by atoms with E-state index in [2.05, 4.69) is 25.1 Å². The monoisotopic (exact) mass is 270 g/mol. The van der Waals surface area contributed by atoms with Gasteiger partial charge in [-0.25, -0.2) is 4.39 Å². The third-order valence-corrected chi connectivity index (χ3v) is 3.90. The van der Waals surface area contributed by atoms with Crippen molar-refractivity contribution in [2.75, 3.05) is 19.1 Å². The van der Waals surface area contributed by atoms with Gasteiger partial charge in [0.2, 0.25) is 0 Å². The van der Waals surface area contributed by atoms with Crippen LogP contribution in [0.1, 0.15) is 24.5 Å². The Morgan fingerprint density at radius 2 is 2.17 bits per heavy atom. The Morgan fingerprint density at radius 1 is 1.44 bits per heavy atom. The molecule has 0 aliphatic rings. The molecule has 4 heteroatoms. The van der Waals surface area contributed by atoms with E-state index >= 15 is 0 Å². The Balaban J connectivity index is 2.61. The molecule has 0 saturated carbocycles. The largest absolute Gasteiger partial charge is 0.326 e. The lowest BCUT2D eigenvalue weighted by atomic mass is 10.1. The molecule has 2 N–H and O–H groups in total. The summed E-state index contributed by atoms with van der Waals surface area (Å²) < 4.78 is 13.3. The lowest BCUT2D eigenvalue weighted by Crippen LogP contribution is -2.29. The van der Waals surface area contributed by atoms with E-state index in [4.69, 9.17) is 5.73 Å². The van der Waals surface area contributed by atoms with Crippen LogP contribution in [0.4, 0.5) is 4.39 Å². The zero-order valence-corrected chi connectivity index (χ0v) is 12.3. The molecule has 0 heterocycles. The van der Waals surface area contributed by atoms with Crippen molar-refractivity contribution < 1.29 is 4.39 Å². The van der Waals surface area contributed by atoms with Crippen LogP contribution in [0.3, 0.4) is 0 Å². The van der Waals surface area contributed by atoms with Crippen LogP contribution in [-0.2, 0) is 13.1 Å². The normalized spacial score (nSPS) is 13.0. The van der Waals surface area contributed by atoms with Gasteiger partial charge in [0.15, 0.2) is 0 Å². The van der Waals surface area contributed by atoms with Crippen molar-refractivity contribution in [3.05, 3.63) is 35.1 Å². The molecule has 0 fully saturated rings. The van der Waals surface area contributed by atoms with E-state index in [0.29, 0.717) is 11.6 Å². The average Bonchev–Trinajstić information content (AvgIpc) is 2.37. The fourth-order valence-corrected chi connectivity index (χ4v) is 2.41. The van der Waals surface area contributed by atoms with Crippen LogP contribution in [0, 0.1) is 5.82 Å². The molecule has 102 valence electrons. The molecule has 0 radical (unpaired) electrons. The van der Waals surface area contributed by atoms with Crippen LogP contribution < -0.4 is 5.73 Å². The molecule has 0 amide bonds. The predicted octanol–water partition coefficient (Wildman–Crippen LogP) is 2.86. The number of rotatable bonds is 7. The summed E-state index contributed by atoms with van der Waals surface area (Å²) in [5.74, 6) is 0.961. The molecule has 2 nitrogen and oxygen atoms in total. The first-order valence-electron chi connectivity index (χ1n) is 6.25. The van der Waals surface area contributed by atoms with Crippen molar-refractivity contribution in [2.45, 2.75) is 32.5 Å². The highest BCUT2D eigenvalue weighted by molar-refractivity contribution is 7.98. The summed E-state index contributed by atoms with van der Waals surface area (Å²) in [7, 11) is 2.11. The highest BCUT2D eigenvalue weighted by atomic mass is 32.2. The summed E-state index contributed by atoms with van der Waals surface area (Å²) in [6, 6.07) is 5.75. The third-order valence-electron chi connectivity index (χ3n) is 3.25. The molecule has 18 heavy (non-hydrogen) atoms. The maximum atomic E-state index is 13.3. The van der Waals surface area contributed by atoms with Gasteiger partial charge >= 0.3 is 0 Å². The van der Waals surface area contributed by atoms with E-state index < -0.39 is 0 Å². The molecule has 0 aliphatic heterocycles. The van der Waals surface area contributed by atoms with Gasteiger partial charge in [0, 0.05) is 24.7 Å². The fraction of sp³-hybridized carbons (Fsp3) is 0.571. The Bertz CT molecular complexity index is 371. The Labute approximate surface area is 114 Å². The van der Waals surface area contributed by atoms with E-state index in [1.54, 1.807) is 0 Å². The molecule has 1 rings (SSSR count). The predicted molar refractivity (Wildman–Crippen MR) is 78.2 cm³/mol. The van der Waals surface area contributed by atoms with Crippen molar-refractivity contribution in [2.24, 2.45) is 5.73 Å². The minimum absolute atomic E-state index is 0.209. The van der Waals surface area contributed by atoms with Crippen LogP contribution in [0.15, 0.2) is 18.2 Å². The Hall–Kier alpha value is -0.580. The second kappa shape index (κ2) is 7.77. The number of hydrogen-bond donors (Lipinski definition) is 1. The molecule has 1 atom stereocenters. The summed E-state index contributed by atoms with van der Waals surface area (Å²) in [6.07, 6.45) is 3.29. The first-order valence-corrected chi connectivity index (χ1v) is 7.64. The molecule has 0 spiro atoms. The number of thioether (sulfide) groups is 1. The summed E-state index contributed by atoms with van der Waals surface area (Å²) in [5, 5.41) is 0. The van der Waals surface area contributed by atoms with E-state index in [0.717, 1.165) is 12.1 Å². The highest BCUT2D eigenvalue weighted by Crippen LogP contribution is 2.14. The second-order valence-electron chi connectivity index (χ2n) is 4.68. The van der Waals surface area contributed by atoms with Crippen LogP contribution in [-0.4, -0.2) is 30.0 Å². The molecule has 0 aromatic heterocycles. The van der Waals surface area contributed by atoms with Gasteiger partial charge in [0.25, 0.3) is 0 Å². The third kappa shape index (κ3) is 4.59. The Morgan fingerprint density at radius 3 is 2.78 bits per heavy atom. The van der Waals surface area contributed by atoms with Crippen molar-refractivity contribution in [3.63, 3.8) is 0 Å². The quantitative estimate of drug-likeness (QED) is 0.826. The van der Waals surface area contributed by atoms with Crippen LogP contribution in [0.5, 0.6) is 0 Å². The van der Waals surface area contributed by atoms with Crippen LogP contribution in [0.25, 0.3) is 0 Å². The first kappa shape index (κ1) is 15.5. The molecule has 1 unspecified atom stereocenters. The maximum absolute atomic E-state index is 13.3. The molecular weight excluding hydrogens is 247 g/mol. The zero-order valence-electron chi connectivity index (χ0n) is 11.4. The zero-order chi connectivity index (χ0) is 13.5. The lowest BCUT2D eigenvalue weighted by molar-refractivity contribution is 0.245. The number of benzene rings is 1. The van der Waals surface area contributed by atoms with E-state index in [9.17, 15) is 4.39 Å². The van der Waals surface area contributed by atoms with Gasteiger partial charge in [-0.2, -0.15) is 11.8 Å². The summed E-state index contributed by atoms with van der Waals surface area (Å²) in [5.41, 5.74) is 7.24. The SMILES string of the molecule is CSCCC(C)N(C)Cc1ccc(F)c(CN)c1. The van der Waals surface area contributed by atoms with Gasteiger partial charge in [0.1, 0.15) is 5.82 Å². The second-order valence-corrected chi connectivity index (χ2v) is 5.66. The summed E-state index contributed by atoms with van der Waals surface area (Å²) in [6.45, 7) is 3.32. The molecule has 0 aliphatic carbocycles. The molecule has 0 bridgehead atoms. The smallest absolute Gasteiger partial charge is 0.127 e. The highest BCUT2D eigenvalue weighted by Gasteiger charge is 2.10. The number of halogens is 1. The van der Waals surface area contributed by atoms with Crippen molar-refractivity contribution >= 4 is 11.8 Å². The maximum Gasteiger partial charge on any atom is 0.127 e. The summed E-state index contributed by atoms with van der Waals surface area (Å²) >= 11 is 1.87. The van der Waals surface area contributed by atoms with Crippen LogP contribution in [0.2, 0.25) is 0 Å². The van der Waals surface area contributed by atoms with Gasteiger partial charge < -0.3 is 5.73 Å². The van der Waals surface area contributed by atoms with Gasteiger partial charge in [-0.1, -0.05) is 12.1 Å². The number of hydrogen-bond acceptors (Lipinski definition) is 3. The van der Waals surface area contributed by atoms with Gasteiger partial charge in [-0.05, 0) is 44.0 Å². The minimum Gasteiger partial charge on any atom is -0.326 e. The van der Waals surface area contributed by atoms with Gasteiger partial charge in [-0.15, -0.1) is 0 Å². The van der Waals surface area contributed by atoms with Gasteiger partial charge in [-0.3, -0.25) is 4.90 Å². The standard InChI is InChI=1S/C14H23FN2S/c1-11(6-7-18-3)17(2)10-12-4-5-14(15)13(8-12)9-16/h4-5,8,11H,6-7,9-10,16H2,1-3H3. The fourth-order valence-electron chi connectivity index (χ4n) is 1.84. The average molecular weight is 270 g/mol. The van der Waals surface area contributed by atoms with Crippen molar-refractivity contribution in [1.82, 2.24) is 4.90 Å². The number of nitrogens with two attached hydrogens (primary N) is 1. The number of nitrogens with zero attached hydrogens (tertiary/aromatic N) is 1. The summed E-state index contributed by atoms with van der Waals surface area (Å²) in [4.78, 5) is 2.30. The molecule has 1 aromatic rings. The first-order chi connectivity index (χ1) is 8.58. The molecule has 1 aromatic carbocycles. The van der Waals surface area contributed by atoms with Crippen molar-refractivity contribution in [1.29, 1.82) is 0 Å². The lowest BCUT2D eigenvalue weighted by Gasteiger charge is -2.24. The van der Waals surface area contributed by atoms with E-state index in [1.807, 2.05) is 23.9 Å². The van der Waals surface area contributed by atoms with E-state index in [1.165, 1.54) is 18.2 Å². The van der Waals surface area contributed by atoms with Crippen molar-refractivity contribution in [3.8, 4) is 0 Å². The van der Waals surface area contributed by atoms with Gasteiger partial charge in [0.05, 0.1) is 0 Å². The topological polar surface area (TPSA) is 29.3 Å². The molecule has 0 saturated heterocycles. The van der Waals surface area contributed by atoms with Crippen LogP contribution >= 0.6 is 11.8 Å².